The van der Waals surface area contributed by atoms with Crippen LogP contribution in [0.2, 0.25) is 6.04 Å². The third kappa shape index (κ3) is 24.7. The molecule has 0 saturated carbocycles. The molecule has 0 heterocycles. The predicted molar refractivity (Wildman–Crippen MR) is 161 cm³/mol. The van der Waals surface area contributed by atoms with Gasteiger partial charge >= 0.3 is 8.80 Å². The van der Waals surface area contributed by atoms with E-state index in [1.165, 1.54) is 147 Å². The summed E-state index contributed by atoms with van der Waals surface area (Å²) in [6.07, 6.45) is 31.2. The molecule has 0 bridgehead atoms. The Labute approximate surface area is 230 Å². The molecule has 0 aliphatic carbocycles. The quantitative estimate of drug-likeness (QED) is 0.0481. The molecule has 0 rings (SSSR count). The van der Waals surface area contributed by atoms with Gasteiger partial charge in [-0.1, -0.05) is 144 Å². The number of hydrogen-bond acceptors (Lipinski definition) is 3. The van der Waals surface area contributed by atoms with Gasteiger partial charge in [-0.3, -0.25) is 0 Å². The highest BCUT2D eigenvalue weighted by Gasteiger charge is 2.39. The van der Waals surface area contributed by atoms with Gasteiger partial charge in [0.05, 0.1) is 0 Å². The summed E-state index contributed by atoms with van der Waals surface area (Å²) in [5.74, 6) is 0. The van der Waals surface area contributed by atoms with Crippen molar-refractivity contribution in [1.82, 2.24) is 0 Å². The van der Waals surface area contributed by atoms with Crippen molar-refractivity contribution < 1.29 is 13.3 Å². The van der Waals surface area contributed by atoms with E-state index in [9.17, 15) is 0 Å². The molecule has 0 atom stereocenters. The third-order valence-corrected chi connectivity index (χ3v) is 10.7. The number of halogens is 1. The molecule has 35 heavy (non-hydrogen) atoms. The predicted octanol–water partition coefficient (Wildman–Crippen LogP) is 11.0. The standard InChI is InChI=1S/C30H63BrO3Si/c1-4-32-35(33-5-2,34-6-3)30-28-26-24-22-20-18-16-14-12-10-8-7-9-11-13-15-17-19-21-23-25-27-29-31/h4-30H2,1-3H3. The zero-order valence-corrected chi connectivity index (χ0v) is 26.8. The van der Waals surface area contributed by atoms with Gasteiger partial charge in [-0.2, -0.15) is 0 Å². The molecule has 5 heteroatoms. The SMILES string of the molecule is CCO[Si](CCCCCCCCCCCCCCCCCCCCCCCCBr)(OCC)OCC. The molecule has 0 aliphatic heterocycles. The minimum absolute atomic E-state index is 0.685. The van der Waals surface area contributed by atoms with Crippen LogP contribution in [0.15, 0.2) is 0 Å². The second-order valence-corrected chi connectivity index (χ2v) is 13.7. The Morgan fingerprint density at radius 3 is 0.829 bits per heavy atom. The van der Waals surface area contributed by atoms with Gasteiger partial charge in [-0.15, -0.1) is 0 Å². The Morgan fingerprint density at radius 2 is 0.600 bits per heavy atom. The van der Waals surface area contributed by atoms with E-state index in [1.807, 2.05) is 20.8 Å². The molecular formula is C30H63BrO3Si. The molecule has 0 fully saturated rings. The number of rotatable bonds is 30. The number of unbranched alkanes of at least 4 members (excludes halogenated alkanes) is 21. The van der Waals surface area contributed by atoms with Crippen molar-refractivity contribution >= 4 is 24.7 Å². The lowest BCUT2D eigenvalue weighted by Gasteiger charge is -2.28. The largest absolute Gasteiger partial charge is 0.500 e. The van der Waals surface area contributed by atoms with Crippen LogP contribution in [-0.4, -0.2) is 34.0 Å². The summed E-state index contributed by atoms with van der Waals surface area (Å²) in [6.45, 7) is 8.18. The van der Waals surface area contributed by atoms with E-state index >= 15 is 0 Å². The molecule has 212 valence electrons. The average Bonchev–Trinajstić information content (AvgIpc) is 2.85. The fourth-order valence-electron chi connectivity index (χ4n) is 4.97. The molecule has 0 unspecified atom stereocenters. The van der Waals surface area contributed by atoms with Crippen molar-refractivity contribution in [1.29, 1.82) is 0 Å². The molecule has 3 nitrogen and oxygen atoms in total. The van der Waals surface area contributed by atoms with Crippen molar-refractivity contribution in [3.8, 4) is 0 Å². The van der Waals surface area contributed by atoms with Crippen LogP contribution >= 0.6 is 15.9 Å². The molecular weight excluding hydrogens is 516 g/mol. The number of hydrogen-bond donors (Lipinski definition) is 0. The maximum Gasteiger partial charge on any atom is 0.500 e. The molecule has 0 amide bonds. The molecule has 0 N–H and O–H groups in total. The van der Waals surface area contributed by atoms with Crippen LogP contribution in [0.1, 0.15) is 162 Å². The van der Waals surface area contributed by atoms with Crippen LogP contribution in [0, 0.1) is 0 Å². The molecule has 0 saturated heterocycles. The van der Waals surface area contributed by atoms with Crippen LogP contribution in [-0.2, 0) is 13.3 Å². The van der Waals surface area contributed by atoms with Crippen molar-refractivity contribution in [3.63, 3.8) is 0 Å². The summed E-state index contributed by atoms with van der Waals surface area (Å²) < 4.78 is 17.9. The fourth-order valence-corrected chi connectivity index (χ4v) is 8.05. The summed E-state index contributed by atoms with van der Waals surface area (Å²) >= 11 is 3.51. The van der Waals surface area contributed by atoms with Gasteiger partial charge in [0.1, 0.15) is 0 Å². The Morgan fingerprint density at radius 1 is 0.371 bits per heavy atom. The first-order valence-corrected chi connectivity index (χ1v) is 18.8. The van der Waals surface area contributed by atoms with Crippen LogP contribution < -0.4 is 0 Å². The van der Waals surface area contributed by atoms with E-state index in [4.69, 9.17) is 13.3 Å². The molecule has 0 spiro atoms. The Hall–Kier alpha value is 0.577. The van der Waals surface area contributed by atoms with Crippen molar-refractivity contribution in [2.75, 3.05) is 25.2 Å². The fraction of sp³-hybridized carbons (Fsp3) is 1.00. The lowest BCUT2D eigenvalue weighted by molar-refractivity contribution is 0.0706. The van der Waals surface area contributed by atoms with E-state index in [1.54, 1.807) is 0 Å². The van der Waals surface area contributed by atoms with Gasteiger partial charge in [-0.25, -0.2) is 0 Å². The highest BCUT2D eigenvalue weighted by Crippen LogP contribution is 2.21. The summed E-state index contributed by atoms with van der Waals surface area (Å²) in [4.78, 5) is 0. The Bertz CT molecular complexity index is 381. The molecule has 0 aromatic carbocycles. The monoisotopic (exact) mass is 578 g/mol. The minimum atomic E-state index is -2.41. The Kier molecular flexibility index (Phi) is 29.6. The summed E-state index contributed by atoms with van der Waals surface area (Å²) in [6, 6.07) is 0.973. The van der Waals surface area contributed by atoms with Crippen LogP contribution in [0.3, 0.4) is 0 Å². The van der Waals surface area contributed by atoms with E-state index < -0.39 is 8.80 Å². The van der Waals surface area contributed by atoms with Gasteiger partial charge < -0.3 is 13.3 Å². The van der Waals surface area contributed by atoms with Gasteiger partial charge in [0, 0.05) is 31.2 Å². The maximum absolute atomic E-state index is 5.95. The highest BCUT2D eigenvalue weighted by atomic mass is 79.9. The van der Waals surface area contributed by atoms with Crippen LogP contribution in [0.4, 0.5) is 0 Å². The summed E-state index contributed by atoms with van der Waals surface area (Å²) in [7, 11) is -2.41. The van der Waals surface area contributed by atoms with E-state index in [-0.39, 0.29) is 0 Å². The van der Waals surface area contributed by atoms with Crippen molar-refractivity contribution in [2.24, 2.45) is 0 Å². The normalized spacial score (nSPS) is 12.0. The average molecular weight is 580 g/mol. The molecule has 0 aromatic rings. The topological polar surface area (TPSA) is 27.7 Å². The van der Waals surface area contributed by atoms with Crippen LogP contribution in [0.5, 0.6) is 0 Å². The zero-order chi connectivity index (χ0) is 25.7. The van der Waals surface area contributed by atoms with E-state index in [2.05, 4.69) is 15.9 Å². The lowest BCUT2D eigenvalue weighted by atomic mass is 10.0. The van der Waals surface area contributed by atoms with E-state index in [0.29, 0.717) is 19.8 Å². The second-order valence-electron chi connectivity index (χ2n) is 10.2. The third-order valence-electron chi connectivity index (χ3n) is 6.96. The smallest absolute Gasteiger partial charge is 0.374 e. The zero-order valence-electron chi connectivity index (χ0n) is 24.2. The summed E-state index contributed by atoms with van der Waals surface area (Å²) in [5.41, 5.74) is 0. The second kappa shape index (κ2) is 29.1. The molecule has 0 aliphatic rings. The van der Waals surface area contributed by atoms with Gasteiger partial charge in [-0.05, 0) is 33.6 Å². The van der Waals surface area contributed by atoms with E-state index in [0.717, 1.165) is 6.04 Å². The Balaban J connectivity index is 3.32. The maximum atomic E-state index is 5.95. The van der Waals surface area contributed by atoms with Gasteiger partial charge in [0.15, 0.2) is 0 Å². The van der Waals surface area contributed by atoms with Crippen molar-refractivity contribution in [2.45, 2.75) is 168 Å². The minimum Gasteiger partial charge on any atom is -0.374 e. The molecule has 0 radical (unpaired) electrons. The first-order valence-electron chi connectivity index (χ1n) is 15.7. The summed E-state index contributed by atoms with van der Waals surface area (Å²) in [5, 5.41) is 1.18. The number of alkyl halides is 1. The van der Waals surface area contributed by atoms with Crippen LogP contribution in [0.25, 0.3) is 0 Å². The highest BCUT2D eigenvalue weighted by molar-refractivity contribution is 9.09. The molecule has 0 aromatic heterocycles. The first-order chi connectivity index (χ1) is 17.2. The first kappa shape index (κ1) is 35.6. The van der Waals surface area contributed by atoms with Gasteiger partial charge in [0.25, 0.3) is 0 Å². The lowest BCUT2D eigenvalue weighted by Crippen LogP contribution is -2.45. The van der Waals surface area contributed by atoms with Gasteiger partial charge in [0.2, 0.25) is 0 Å². The van der Waals surface area contributed by atoms with Crippen molar-refractivity contribution in [3.05, 3.63) is 0 Å².